The predicted molar refractivity (Wildman–Crippen MR) is 213 cm³/mol. The molecular weight excluding hydrogens is 733 g/mol. The van der Waals surface area contributed by atoms with Crippen LogP contribution in [-0.2, 0) is 27.4 Å². The minimum Gasteiger partial charge on any atom is -0.485 e. The molecule has 0 saturated carbocycles. The van der Waals surface area contributed by atoms with E-state index in [0.29, 0.717) is 32.5 Å². The van der Waals surface area contributed by atoms with Gasteiger partial charge in [0.25, 0.3) is 0 Å². The molecule has 4 bridgehead atoms. The molecule has 1 aromatic heterocycles. The maximum absolute atomic E-state index is 15.8. The molecule has 14 heteroatoms. The number of rotatable bonds is 6. The topological polar surface area (TPSA) is 160 Å². The second-order valence-electron chi connectivity index (χ2n) is 14.9. The van der Waals surface area contributed by atoms with Crippen LogP contribution < -0.4 is 20.3 Å². The summed E-state index contributed by atoms with van der Waals surface area (Å²) in [6, 6.07) is 23.3. The number of carbonyl (C=O) groups is 4. The van der Waals surface area contributed by atoms with Gasteiger partial charge in [-0.05, 0) is 85.7 Å². The van der Waals surface area contributed by atoms with E-state index in [9.17, 15) is 24.3 Å². The molecule has 7 rings (SSSR count). The van der Waals surface area contributed by atoms with Crippen LogP contribution in [0, 0.1) is 12.7 Å². The maximum atomic E-state index is 15.8. The molecule has 296 valence electrons. The molecule has 2 atom stereocenters. The third-order valence-electron chi connectivity index (χ3n) is 9.28. The molecule has 0 radical (unpaired) electrons. The van der Waals surface area contributed by atoms with Crippen LogP contribution in [0.3, 0.4) is 0 Å². The lowest BCUT2D eigenvalue weighted by atomic mass is 9.93. The highest BCUT2D eigenvalue weighted by Gasteiger charge is 2.32. The highest BCUT2D eigenvalue weighted by molar-refractivity contribution is 6.13. The quantitative estimate of drug-likeness (QED) is 0.152. The zero-order valence-electron chi connectivity index (χ0n) is 32.5. The van der Waals surface area contributed by atoms with Gasteiger partial charge < -0.3 is 29.5 Å². The summed E-state index contributed by atoms with van der Waals surface area (Å²) < 4.78 is 32.7. The van der Waals surface area contributed by atoms with Crippen LogP contribution in [-0.4, -0.2) is 58.4 Å². The number of ether oxygens (including phenoxy) is 3. The highest BCUT2D eigenvalue weighted by Crippen LogP contribution is 2.34. The number of aryl methyl sites for hydroxylation is 1. The van der Waals surface area contributed by atoms with Crippen LogP contribution in [0.2, 0.25) is 0 Å². The first kappa shape index (κ1) is 40.0. The SMILES string of the molecule is Cc1cc2ccc1[C@@H](C)COC(=O)Nc1cc(F)c(OCc3ccccc3)c(c1)CN(C)C(=O)[C@@H]2Nc1ccc2c(N(C(=O)O)C(=O)OC(C)(C)C)nccc2c1. The first-order valence-corrected chi connectivity index (χ1v) is 18.3. The van der Waals surface area contributed by atoms with Crippen molar-refractivity contribution in [2.45, 2.75) is 65.3 Å². The molecule has 0 spiro atoms. The predicted octanol–water partition coefficient (Wildman–Crippen LogP) is 9.16. The fourth-order valence-electron chi connectivity index (χ4n) is 6.61. The van der Waals surface area contributed by atoms with Crippen molar-refractivity contribution in [1.29, 1.82) is 0 Å². The number of hydrogen-bond donors (Lipinski definition) is 3. The lowest BCUT2D eigenvalue weighted by Crippen LogP contribution is -2.40. The summed E-state index contributed by atoms with van der Waals surface area (Å²) in [6.07, 6.45) is -2.03. The minimum atomic E-state index is -1.56. The van der Waals surface area contributed by atoms with Gasteiger partial charge in [-0.25, -0.2) is 23.8 Å². The number of pyridine rings is 1. The Morgan fingerprint density at radius 1 is 1.05 bits per heavy atom. The zero-order chi connectivity index (χ0) is 41.0. The summed E-state index contributed by atoms with van der Waals surface area (Å²) in [5.41, 5.74) is 3.20. The number of nitrogens with one attached hydrogen (secondary N) is 2. The van der Waals surface area contributed by atoms with E-state index in [1.165, 1.54) is 11.1 Å². The van der Waals surface area contributed by atoms with Gasteiger partial charge in [-0.2, -0.15) is 4.90 Å². The number of likely N-dealkylation sites (N-methyl/N-ethyl adjacent to an activating group) is 1. The van der Waals surface area contributed by atoms with Crippen molar-refractivity contribution in [1.82, 2.24) is 9.88 Å². The monoisotopic (exact) mass is 777 g/mol. The molecule has 57 heavy (non-hydrogen) atoms. The Hall–Kier alpha value is -6.70. The summed E-state index contributed by atoms with van der Waals surface area (Å²) in [5, 5.41) is 16.9. The van der Waals surface area contributed by atoms with Gasteiger partial charge in [-0.15, -0.1) is 0 Å². The Bertz CT molecular complexity index is 2330. The molecule has 3 heterocycles. The van der Waals surface area contributed by atoms with Gasteiger partial charge in [0.1, 0.15) is 18.2 Å². The Kier molecular flexibility index (Phi) is 11.6. The Balaban J connectivity index is 1.38. The van der Waals surface area contributed by atoms with Gasteiger partial charge in [-0.1, -0.05) is 55.5 Å². The van der Waals surface area contributed by atoms with E-state index < -0.39 is 35.7 Å². The van der Waals surface area contributed by atoms with E-state index in [4.69, 9.17) is 14.2 Å². The Morgan fingerprint density at radius 2 is 1.81 bits per heavy atom. The summed E-state index contributed by atoms with van der Waals surface area (Å²) >= 11 is 0. The van der Waals surface area contributed by atoms with Gasteiger partial charge in [0.05, 0.1) is 6.61 Å². The van der Waals surface area contributed by atoms with Crippen molar-refractivity contribution in [3.8, 4) is 5.75 Å². The van der Waals surface area contributed by atoms with Crippen molar-refractivity contribution in [3.63, 3.8) is 0 Å². The number of imide groups is 1. The highest BCUT2D eigenvalue weighted by atomic mass is 19.1. The molecule has 4 aromatic carbocycles. The number of nitrogens with zero attached hydrogens (tertiary/aromatic N) is 3. The first-order chi connectivity index (χ1) is 27.1. The summed E-state index contributed by atoms with van der Waals surface area (Å²) in [6.45, 7) is 8.72. The van der Waals surface area contributed by atoms with Gasteiger partial charge in [0.15, 0.2) is 17.4 Å². The number of benzene rings is 4. The largest absolute Gasteiger partial charge is 0.485 e. The van der Waals surface area contributed by atoms with Crippen molar-refractivity contribution < 1.29 is 42.9 Å². The van der Waals surface area contributed by atoms with Crippen LogP contribution in [0.5, 0.6) is 5.75 Å². The molecule has 0 saturated heterocycles. The number of halogens is 1. The molecule has 5 aromatic rings. The average molecular weight is 778 g/mol. The molecule has 0 aliphatic carbocycles. The van der Waals surface area contributed by atoms with Crippen LogP contribution in [0.4, 0.5) is 36.0 Å². The average Bonchev–Trinajstić information content (AvgIpc) is 3.14. The van der Waals surface area contributed by atoms with Crippen molar-refractivity contribution in [2.75, 3.05) is 29.2 Å². The third kappa shape index (κ3) is 9.40. The second kappa shape index (κ2) is 16.6. The summed E-state index contributed by atoms with van der Waals surface area (Å²) in [4.78, 5) is 58.8. The summed E-state index contributed by atoms with van der Waals surface area (Å²) in [5.74, 6) is -1.52. The van der Waals surface area contributed by atoms with Crippen LogP contribution >= 0.6 is 0 Å². The van der Waals surface area contributed by atoms with Crippen LogP contribution in [0.25, 0.3) is 10.8 Å². The van der Waals surface area contributed by atoms with E-state index in [0.717, 1.165) is 22.8 Å². The second-order valence-corrected chi connectivity index (χ2v) is 14.9. The number of carbonyl (C=O) groups excluding carboxylic acids is 3. The third-order valence-corrected chi connectivity index (χ3v) is 9.28. The Morgan fingerprint density at radius 3 is 2.51 bits per heavy atom. The molecule has 4 amide bonds. The fourth-order valence-corrected chi connectivity index (χ4v) is 6.61. The minimum absolute atomic E-state index is 0.0458. The number of aromatic nitrogens is 1. The maximum Gasteiger partial charge on any atom is 0.425 e. The normalized spacial score (nSPS) is 16.1. The number of amides is 4. The molecule has 0 fully saturated rings. The smallest absolute Gasteiger partial charge is 0.425 e. The van der Waals surface area contributed by atoms with E-state index in [2.05, 4.69) is 15.6 Å². The van der Waals surface area contributed by atoms with Gasteiger partial charge in [0, 0.05) is 54.1 Å². The van der Waals surface area contributed by atoms with Crippen molar-refractivity contribution in [2.24, 2.45) is 0 Å². The van der Waals surface area contributed by atoms with Crippen molar-refractivity contribution >= 4 is 52.2 Å². The number of fused-ring (bicyclic) bond motifs is 10. The van der Waals surface area contributed by atoms with Gasteiger partial charge in [-0.3, -0.25) is 10.1 Å². The van der Waals surface area contributed by atoms with Crippen molar-refractivity contribution in [3.05, 3.63) is 125 Å². The molecule has 13 nitrogen and oxygen atoms in total. The standard InChI is InChI=1S/C43H44FN5O8/c1-25-18-29-12-14-33(25)26(2)23-56-40(51)47-32-20-30(37(35(44)21-32)55-24-27-10-8-7-9-11-27)22-48(6)39(50)36(29)46-31-13-15-34-28(19-31)16-17-45-38(34)49(41(52)53)42(54)57-43(3,4)5/h7-21,26,36,46H,22-24H2,1-6H3,(H,47,51)(H,52,53)/t26-,36+/m0/s1. The lowest BCUT2D eigenvalue weighted by molar-refractivity contribution is -0.131. The van der Waals surface area contributed by atoms with Crippen LogP contribution in [0.15, 0.2) is 91.1 Å². The summed E-state index contributed by atoms with van der Waals surface area (Å²) in [7, 11) is 1.59. The molecule has 3 N–H and O–H groups in total. The first-order valence-electron chi connectivity index (χ1n) is 18.3. The molecule has 2 aliphatic heterocycles. The van der Waals surface area contributed by atoms with E-state index in [1.807, 2.05) is 62.4 Å². The Labute approximate surface area is 329 Å². The van der Waals surface area contributed by atoms with Gasteiger partial charge >= 0.3 is 18.3 Å². The molecule has 0 unspecified atom stereocenters. The van der Waals surface area contributed by atoms with Crippen LogP contribution in [0.1, 0.15) is 67.5 Å². The van der Waals surface area contributed by atoms with Gasteiger partial charge in [0.2, 0.25) is 5.91 Å². The number of carboxylic acid groups (broad SMARTS) is 1. The van der Waals surface area contributed by atoms with E-state index >= 15 is 4.39 Å². The fraction of sp³-hybridized carbons (Fsp3) is 0.279. The zero-order valence-corrected chi connectivity index (χ0v) is 32.5. The lowest BCUT2D eigenvalue weighted by Gasteiger charge is -2.28. The van der Waals surface area contributed by atoms with E-state index in [-0.39, 0.29) is 48.8 Å². The van der Waals surface area contributed by atoms with E-state index in [1.54, 1.807) is 58.2 Å². The number of hydrogen-bond acceptors (Lipinski definition) is 9. The molecule has 2 aliphatic rings. The number of anilines is 3. The molecular formula is C43H44FN5O8.